The van der Waals surface area contributed by atoms with Gasteiger partial charge in [-0.1, -0.05) is 46.9 Å². The molecule has 1 aromatic heterocycles. The minimum Gasteiger partial charge on any atom is -0.298 e. The fourth-order valence-electron chi connectivity index (χ4n) is 3.37. The molecule has 1 atom stereocenters. The molecule has 6 nitrogen and oxygen atoms in total. The minimum atomic E-state index is -0.837. The van der Waals surface area contributed by atoms with E-state index in [9.17, 15) is 14.4 Å². The lowest BCUT2D eigenvalue weighted by molar-refractivity contribution is -0.108. The Morgan fingerprint density at radius 3 is 2.07 bits per heavy atom. The van der Waals surface area contributed by atoms with Crippen LogP contribution < -0.4 is 10.5 Å². The van der Waals surface area contributed by atoms with Crippen LogP contribution in [0.15, 0.2) is 65.2 Å². The predicted octanol–water partition coefficient (Wildman–Crippen LogP) is 4.41. The molecule has 0 saturated carbocycles. The number of carbonyl (C=O) groups excluding carboxylic acids is 2. The summed E-state index contributed by atoms with van der Waals surface area (Å²) in [5.41, 5.74) is 0.628. The first-order valence-corrected chi connectivity index (χ1v) is 9.81. The minimum absolute atomic E-state index is 0.0338. The summed E-state index contributed by atoms with van der Waals surface area (Å²) in [6.07, 6.45) is 2.36. The fraction of sp³-hybridized carbons (Fsp3) is 0.0476. The maximum Gasteiger partial charge on any atom is 0.268 e. The molecule has 4 rings (SSSR count). The molecular weight excluding hydrogens is 449 g/mol. The molecule has 0 aliphatic carbocycles. The number of aldehydes is 1. The standard InChI is InChI=1S/C21H12Cl3N3O3/c22-13-3-1-12(2-4-13)19-16(9-28)18(24)17-20(27(19)11-29)25-10-26(21(17)30)15-7-5-14(23)6-8-15/h1-11,19H. The van der Waals surface area contributed by atoms with Crippen LogP contribution in [0.4, 0.5) is 5.82 Å². The van der Waals surface area contributed by atoms with Gasteiger partial charge < -0.3 is 0 Å². The fourth-order valence-corrected chi connectivity index (χ4v) is 3.93. The van der Waals surface area contributed by atoms with E-state index in [0.29, 0.717) is 34.0 Å². The molecule has 9 heteroatoms. The van der Waals surface area contributed by atoms with Crippen LogP contribution in [0.25, 0.3) is 10.7 Å². The highest BCUT2D eigenvalue weighted by Crippen LogP contribution is 2.42. The molecule has 0 fully saturated rings. The summed E-state index contributed by atoms with van der Waals surface area (Å²) >= 11 is 18.4. The summed E-state index contributed by atoms with van der Waals surface area (Å²) in [4.78, 5) is 42.7. The van der Waals surface area contributed by atoms with Crippen molar-refractivity contribution in [1.82, 2.24) is 9.55 Å². The van der Waals surface area contributed by atoms with Crippen molar-refractivity contribution in [1.29, 1.82) is 0 Å². The number of fused-ring (bicyclic) bond motifs is 1. The van der Waals surface area contributed by atoms with Crippen molar-refractivity contribution in [2.24, 2.45) is 0 Å². The van der Waals surface area contributed by atoms with E-state index in [1.54, 1.807) is 48.5 Å². The third kappa shape index (κ3) is 3.33. The van der Waals surface area contributed by atoms with Crippen LogP contribution >= 0.6 is 34.8 Å². The molecule has 150 valence electrons. The number of halogens is 3. The second-order valence-corrected chi connectivity index (χ2v) is 7.70. The number of rotatable bonds is 4. The van der Waals surface area contributed by atoms with Crippen molar-refractivity contribution in [2.45, 2.75) is 6.04 Å². The molecule has 1 unspecified atom stereocenters. The average Bonchev–Trinajstić information content (AvgIpc) is 2.75. The van der Waals surface area contributed by atoms with E-state index in [-0.39, 0.29) is 22.0 Å². The van der Waals surface area contributed by atoms with Crippen LogP contribution in [-0.2, 0) is 9.59 Å². The van der Waals surface area contributed by atoms with Gasteiger partial charge in [-0.15, -0.1) is 0 Å². The van der Waals surface area contributed by atoms with Crippen LogP contribution in [0.2, 0.25) is 10.0 Å². The first-order valence-electron chi connectivity index (χ1n) is 8.68. The van der Waals surface area contributed by atoms with Crippen molar-refractivity contribution in [3.63, 3.8) is 0 Å². The predicted molar refractivity (Wildman–Crippen MR) is 116 cm³/mol. The van der Waals surface area contributed by atoms with Gasteiger partial charge in [-0.3, -0.25) is 23.9 Å². The number of amides is 1. The molecule has 0 radical (unpaired) electrons. The summed E-state index contributed by atoms with van der Waals surface area (Å²) in [6.45, 7) is 0. The Labute approximate surface area is 185 Å². The van der Waals surface area contributed by atoms with Gasteiger partial charge in [0.25, 0.3) is 5.56 Å². The maximum absolute atomic E-state index is 13.2. The average molecular weight is 461 g/mol. The molecule has 1 aliphatic rings. The lowest BCUT2D eigenvalue weighted by Crippen LogP contribution is -2.37. The van der Waals surface area contributed by atoms with E-state index in [4.69, 9.17) is 34.8 Å². The quantitative estimate of drug-likeness (QED) is 0.541. The molecular formula is C21H12Cl3N3O3. The van der Waals surface area contributed by atoms with E-state index in [1.807, 2.05) is 0 Å². The SMILES string of the molecule is O=CC1=C(Cl)c2c(ncn(-c3ccc(Cl)cc3)c2=O)N(C=O)C1c1ccc(Cl)cc1. The van der Waals surface area contributed by atoms with E-state index in [2.05, 4.69) is 4.98 Å². The van der Waals surface area contributed by atoms with Gasteiger partial charge in [0, 0.05) is 15.6 Å². The number of hydrogen-bond donors (Lipinski definition) is 0. The van der Waals surface area contributed by atoms with Gasteiger partial charge >= 0.3 is 0 Å². The highest BCUT2D eigenvalue weighted by Gasteiger charge is 2.36. The zero-order valence-electron chi connectivity index (χ0n) is 15.1. The summed E-state index contributed by atoms with van der Waals surface area (Å²) in [7, 11) is 0. The third-order valence-corrected chi connectivity index (χ3v) is 5.68. The highest BCUT2D eigenvalue weighted by atomic mass is 35.5. The number of aromatic nitrogens is 2. The summed E-state index contributed by atoms with van der Waals surface area (Å²) < 4.78 is 1.27. The van der Waals surface area contributed by atoms with Crippen molar-refractivity contribution in [3.8, 4) is 5.69 Å². The number of nitrogens with zero attached hydrogens (tertiary/aromatic N) is 3. The van der Waals surface area contributed by atoms with Crippen molar-refractivity contribution < 1.29 is 9.59 Å². The monoisotopic (exact) mass is 459 g/mol. The van der Waals surface area contributed by atoms with Gasteiger partial charge in [-0.25, -0.2) is 4.98 Å². The molecule has 1 aliphatic heterocycles. The number of anilines is 1. The Hall–Kier alpha value is -2.93. The molecule has 0 bridgehead atoms. The Kier molecular flexibility index (Phi) is 5.47. The lowest BCUT2D eigenvalue weighted by Gasteiger charge is -2.33. The van der Waals surface area contributed by atoms with Crippen LogP contribution in [-0.4, -0.2) is 22.2 Å². The molecule has 0 spiro atoms. The Balaban J connectivity index is 1.95. The number of benzene rings is 2. The number of hydrogen-bond acceptors (Lipinski definition) is 4. The van der Waals surface area contributed by atoms with Gasteiger partial charge in [0.1, 0.15) is 18.2 Å². The zero-order valence-corrected chi connectivity index (χ0v) is 17.4. The van der Waals surface area contributed by atoms with Gasteiger partial charge in [-0.2, -0.15) is 0 Å². The molecule has 1 amide bonds. The molecule has 3 aromatic rings. The molecule has 0 N–H and O–H groups in total. The maximum atomic E-state index is 13.2. The van der Waals surface area contributed by atoms with Gasteiger partial charge in [0.2, 0.25) is 6.41 Å². The Morgan fingerprint density at radius 1 is 0.900 bits per heavy atom. The largest absolute Gasteiger partial charge is 0.298 e. The van der Waals surface area contributed by atoms with Crippen molar-refractivity contribution >= 4 is 58.3 Å². The smallest absolute Gasteiger partial charge is 0.268 e. The number of carbonyl (C=O) groups is 2. The van der Waals surface area contributed by atoms with Gasteiger partial charge in [0.15, 0.2) is 5.82 Å². The Morgan fingerprint density at radius 2 is 1.50 bits per heavy atom. The van der Waals surface area contributed by atoms with Crippen molar-refractivity contribution in [3.05, 3.63) is 92.0 Å². The summed E-state index contributed by atoms with van der Waals surface area (Å²) in [5.74, 6) is 0.0655. The normalized spacial score (nSPS) is 15.7. The van der Waals surface area contributed by atoms with Gasteiger partial charge in [-0.05, 0) is 42.0 Å². The van der Waals surface area contributed by atoms with E-state index < -0.39 is 11.6 Å². The third-order valence-electron chi connectivity index (χ3n) is 4.77. The van der Waals surface area contributed by atoms with Crippen LogP contribution in [0.3, 0.4) is 0 Å². The molecule has 2 heterocycles. The van der Waals surface area contributed by atoms with Crippen LogP contribution in [0, 0.1) is 0 Å². The van der Waals surface area contributed by atoms with E-state index in [1.165, 1.54) is 15.8 Å². The second kappa shape index (κ2) is 8.07. The lowest BCUT2D eigenvalue weighted by atomic mass is 9.93. The summed E-state index contributed by atoms with van der Waals surface area (Å²) in [5, 5.41) is 0.954. The van der Waals surface area contributed by atoms with Gasteiger partial charge in [0.05, 0.1) is 16.8 Å². The summed E-state index contributed by atoms with van der Waals surface area (Å²) in [6, 6.07) is 12.3. The highest BCUT2D eigenvalue weighted by molar-refractivity contribution is 6.51. The molecule has 2 aromatic carbocycles. The van der Waals surface area contributed by atoms with Crippen LogP contribution in [0.1, 0.15) is 17.2 Å². The zero-order chi connectivity index (χ0) is 21.4. The Bertz CT molecular complexity index is 1240. The van der Waals surface area contributed by atoms with E-state index >= 15 is 0 Å². The topological polar surface area (TPSA) is 72.3 Å². The molecule has 0 saturated heterocycles. The van der Waals surface area contributed by atoms with Crippen molar-refractivity contribution in [2.75, 3.05) is 4.90 Å². The molecule has 30 heavy (non-hydrogen) atoms. The first-order chi connectivity index (χ1) is 14.5. The van der Waals surface area contributed by atoms with Crippen LogP contribution in [0.5, 0.6) is 0 Å². The van der Waals surface area contributed by atoms with E-state index in [0.717, 1.165) is 0 Å². The first kappa shape index (κ1) is 20.3. The second-order valence-electron chi connectivity index (χ2n) is 6.45.